The second-order valence-corrected chi connectivity index (χ2v) is 10.2. The number of nitrogens with zero attached hydrogens (tertiary/aromatic N) is 2. The van der Waals surface area contributed by atoms with Crippen LogP contribution in [0, 0.1) is 13.8 Å². The van der Waals surface area contributed by atoms with Gasteiger partial charge in [0.1, 0.15) is 23.4 Å². The van der Waals surface area contributed by atoms with Gasteiger partial charge in [-0.05, 0) is 68.7 Å². The molecule has 2 heterocycles. The highest BCUT2D eigenvalue weighted by atomic mass is 32.2. The van der Waals surface area contributed by atoms with Crippen molar-refractivity contribution in [2.75, 3.05) is 13.1 Å². The Kier molecular flexibility index (Phi) is 6.58. The van der Waals surface area contributed by atoms with Crippen LogP contribution in [0.5, 0.6) is 17.2 Å². The molecule has 1 saturated heterocycles. The molecule has 33 heavy (non-hydrogen) atoms. The smallest absolute Gasteiger partial charge is 0.254 e. The van der Waals surface area contributed by atoms with Crippen LogP contribution in [-0.2, 0) is 17.1 Å². The molecule has 0 atom stereocenters. The summed E-state index contributed by atoms with van der Waals surface area (Å²) in [5, 5.41) is 0. The van der Waals surface area contributed by atoms with Crippen molar-refractivity contribution in [3.05, 3.63) is 82.3 Å². The van der Waals surface area contributed by atoms with Crippen molar-refractivity contribution in [3.63, 3.8) is 0 Å². The van der Waals surface area contributed by atoms with Gasteiger partial charge in [0.05, 0.1) is 4.90 Å². The number of benzene rings is 2. The minimum Gasteiger partial charge on any atom is -0.490 e. The molecular weight excluding hydrogens is 440 g/mol. The molecule has 4 rings (SSSR count). The molecule has 1 aliphatic heterocycles. The standard InChI is InChI=1S/C25H28N2O5S/c1-18-6-4-5-7-24(18)32-20-8-10-23(11-9-20)33(29,30)27-14-12-21(13-15-27)31-22-16-19(2)26(3)25(28)17-22/h4-11,16-17,21H,12-15H2,1-3H3. The minimum atomic E-state index is -3.61. The van der Waals surface area contributed by atoms with Crippen LogP contribution in [0.25, 0.3) is 0 Å². The third-order valence-corrected chi connectivity index (χ3v) is 7.88. The van der Waals surface area contributed by atoms with Crippen LogP contribution < -0.4 is 15.0 Å². The van der Waals surface area contributed by atoms with Gasteiger partial charge >= 0.3 is 0 Å². The summed E-state index contributed by atoms with van der Waals surface area (Å²) < 4.78 is 41.1. The number of ether oxygens (including phenoxy) is 2. The summed E-state index contributed by atoms with van der Waals surface area (Å²) in [7, 11) is -1.89. The fraction of sp³-hybridized carbons (Fsp3) is 0.320. The van der Waals surface area contributed by atoms with Crippen molar-refractivity contribution in [3.8, 4) is 17.2 Å². The molecule has 2 aromatic carbocycles. The lowest BCUT2D eigenvalue weighted by Gasteiger charge is -2.31. The summed E-state index contributed by atoms with van der Waals surface area (Å²) in [5.74, 6) is 1.85. The molecule has 0 bridgehead atoms. The lowest BCUT2D eigenvalue weighted by molar-refractivity contribution is 0.134. The minimum absolute atomic E-state index is 0.125. The lowest BCUT2D eigenvalue weighted by Crippen LogP contribution is -2.41. The molecule has 8 heteroatoms. The highest BCUT2D eigenvalue weighted by molar-refractivity contribution is 7.89. The van der Waals surface area contributed by atoms with E-state index in [9.17, 15) is 13.2 Å². The highest BCUT2D eigenvalue weighted by Crippen LogP contribution is 2.28. The highest BCUT2D eigenvalue weighted by Gasteiger charge is 2.30. The van der Waals surface area contributed by atoms with E-state index in [2.05, 4.69) is 0 Å². The van der Waals surface area contributed by atoms with E-state index in [1.807, 2.05) is 44.2 Å². The van der Waals surface area contributed by atoms with Crippen molar-refractivity contribution in [2.45, 2.75) is 37.7 Å². The van der Waals surface area contributed by atoms with Gasteiger partial charge in [-0.3, -0.25) is 4.79 Å². The van der Waals surface area contributed by atoms with Crippen molar-refractivity contribution in [1.82, 2.24) is 8.87 Å². The lowest BCUT2D eigenvalue weighted by atomic mass is 10.1. The molecule has 0 amide bonds. The Balaban J connectivity index is 1.38. The van der Waals surface area contributed by atoms with Crippen LogP contribution in [0.3, 0.4) is 0 Å². The number of sulfonamides is 1. The first-order valence-electron chi connectivity index (χ1n) is 10.9. The largest absolute Gasteiger partial charge is 0.490 e. The van der Waals surface area contributed by atoms with Gasteiger partial charge in [0.25, 0.3) is 5.56 Å². The SMILES string of the molecule is Cc1ccccc1Oc1ccc(S(=O)(=O)N2CCC(Oc3cc(C)n(C)c(=O)c3)CC2)cc1. The van der Waals surface area contributed by atoms with E-state index in [-0.39, 0.29) is 16.6 Å². The Hall–Kier alpha value is -3.10. The average molecular weight is 469 g/mol. The Morgan fingerprint density at radius 3 is 2.21 bits per heavy atom. The third-order valence-electron chi connectivity index (χ3n) is 5.96. The molecule has 0 spiro atoms. The Morgan fingerprint density at radius 1 is 0.909 bits per heavy atom. The van der Waals surface area contributed by atoms with Gasteiger partial charge in [0, 0.05) is 31.9 Å². The first-order valence-corrected chi connectivity index (χ1v) is 12.4. The number of aromatic nitrogens is 1. The molecule has 1 aromatic heterocycles. The molecule has 0 unspecified atom stereocenters. The zero-order valence-electron chi connectivity index (χ0n) is 19.0. The molecule has 1 fully saturated rings. The molecule has 0 radical (unpaired) electrons. The fourth-order valence-electron chi connectivity index (χ4n) is 3.81. The predicted molar refractivity (Wildman–Crippen MR) is 127 cm³/mol. The molecule has 0 aliphatic carbocycles. The zero-order valence-corrected chi connectivity index (χ0v) is 19.8. The van der Waals surface area contributed by atoms with Gasteiger partial charge in [-0.25, -0.2) is 8.42 Å². The number of rotatable bonds is 6. The van der Waals surface area contributed by atoms with Gasteiger partial charge in [-0.15, -0.1) is 0 Å². The second kappa shape index (κ2) is 9.41. The molecule has 7 nitrogen and oxygen atoms in total. The van der Waals surface area contributed by atoms with Crippen molar-refractivity contribution in [1.29, 1.82) is 0 Å². The predicted octanol–water partition coefficient (Wildman–Crippen LogP) is 4.03. The van der Waals surface area contributed by atoms with Crippen LogP contribution in [0.2, 0.25) is 0 Å². The van der Waals surface area contributed by atoms with Gasteiger partial charge in [-0.1, -0.05) is 18.2 Å². The fourth-order valence-corrected chi connectivity index (χ4v) is 5.28. The third kappa shape index (κ3) is 5.12. The topological polar surface area (TPSA) is 77.8 Å². The number of aryl methyl sites for hydroxylation is 2. The first kappa shape index (κ1) is 23.1. The molecular formula is C25H28N2O5S. The van der Waals surface area contributed by atoms with Crippen LogP contribution in [0.1, 0.15) is 24.1 Å². The van der Waals surface area contributed by atoms with Gasteiger partial charge < -0.3 is 14.0 Å². The normalized spacial score (nSPS) is 15.4. The number of piperidine rings is 1. The average Bonchev–Trinajstić information content (AvgIpc) is 2.80. The molecule has 0 N–H and O–H groups in total. The van der Waals surface area contributed by atoms with Crippen LogP contribution in [0.15, 0.2) is 70.4 Å². The maximum absolute atomic E-state index is 13.1. The van der Waals surface area contributed by atoms with Crippen molar-refractivity contribution in [2.24, 2.45) is 7.05 Å². The molecule has 174 valence electrons. The van der Waals surface area contributed by atoms with E-state index in [1.54, 1.807) is 35.9 Å². The Bertz CT molecular complexity index is 1290. The van der Waals surface area contributed by atoms with Crippen molar-refractivity contribution >= 4 is 10.0 Å². The second-order valence-electron chi connectivity index (χ2n) is 8.29. The maximum Gasteiger partial charge on any atom is 0.254 e. The van der Waals surface area contributed by atoms with E-state index < -0.39 is 10.0 Å². The van der Waals surface area contributed by atoms with Gasteiger partial charge in [-0.2, -0.15) is 4.31 Å². The summed E-state index contributed by atoms with van der Waals surface area (Å²) in [6, 6.07) is 17.5. The Labute approximate surface area is 194 Å². The summed E-state index contributed by atoms with van der Waals surface area (Å²) in [4.78, 5) is 12.2. The summed E-state index contributed by atoms with van der Waals surface area (Å²) in [5.41, 5.74) is 1.69. The van der Waals surface area contributed by atoms with Crippen LogP contribution >= 0.6 is 0 Å². The van der Waals surface area contributed by atoms with Crippen LogP contribution in [-0.4, -0.2) is 36.5 Å². The molecule has 3 aromatic rings. The van der Waals surface area contributed by atoms with Gasteiger partial charge in [0.2, 0.25) is 10.0 Å². The summed E-state index contributed by atoms with van der Waals surface area (Å²) >= 11 is 0. The molecule has 0 saturated carbocycles. The maximum atomic E-state index is 13.1. The molecule has 1 aliphatic rings. The summed E-state index contributed by atoms with van der Waals surface area (Å²) in [6.45, 7) is 4.53. The number of para-hydroxylation sites is 1. The summed E-state index contributed by atoms with van der Waals surface area (Å²) in [6.07, 6.45) is 0.983. The quantitative estimate of drug-likeness (QED) is 0.546. The zero-order chi connectivity index (χ0) is 23.6. The Morgan fingerprint density at radius 2 is 1.58 bits per heavy atom. The van der Waals surface area contributed by atoms with Crippen molar-refractivity contribution < 1.29 is 17.9 Å². The first-order chi connectivity index (χ1) is 15.7. The van der Waals surface area contributed by atoms with Gasteiger partial charge in [0.15, 0.2) is 0 Å². The number of hydrogen-bond donors (Lipinski definition) is 0. The number of hydrogen-bond acceptors (Lipinski definition) is 5. The van der Waals surface area contributed by atoms with E-state index in [0.717, 1.165) is 17.0 Å². The van der Waals surface area contributed by atoms with E-state index in [4.69, 9.17) is 9.47 Å². The van der Waals surface area contributed by atoms with E-state index in [1.165, 1.54) is 10.4 Å². The van der Waals surface area contributed by atoms with E-state index in [0.29, 0.717) is 37.4 Å². The monoisotopic (exact) mass is 468 g/mol. The van der Waals surface area contributed by atoms with E-state index >= 15 is 0 Å². The number of pyridine rings is 1. The van der Waals surface area contributed by atoms with Crippen LogP contribution in [0.4, 0.5) is 0 Å².